The smallest absolute Gasteiger partial charge is 0.243 e. The van der Waals surface area contributed by atoms with E-state index in [9.17, 15) is 9.59 Å². The fraction of sp³-hybridized carbons (Fsp3) is 0.857. The quantitative estimate of drug-likeness (QED) is 0.777. The van der Waals surface area contributed by atoms with Crippen molar-refractivity contribution in [3.8, 4) is 0 Å². The minimum atomic E-state index is -0.426. The van der Waals surface area contributed by atoms with Crippen molar-refractivity contribution in [2.24, 2.45) is 5.41 Å². The van der Waals surface area contributed by atoms with Gasteiger partial charge in [-0.25, -0.2) is 0 Å². The summed E-state index contributed by atoms with van der Waals surface area (Å²) in [7, 11) is 0. The SMILES string of the molecule is CC(C)(C)NC(=O)C1CCCN1C(=O)C(C)(C)C. The molecule has 0 radical (unpaired) electrons. The first-order chi connectivity index (χ1) is 8.02. The highest BCUT2D eigenvalue weighted by Crippen LogP contribution is 2.25. The van der Waals surface area contributed by atoms with Crippen LogP contribution in [0, 0.1) is 5.41 Å². The maximum atomic E-state index is 12.3. The molecular weight excluding hydrogens is 228 g/mol. The van der Waals surface area contributed by atoms with Gasteiger partial charge in [0.25, 0.3) is 0 Å². The molecule has 0 aromatic heterocycles. The Balaban J connectivity index is 2.77. The van der Waals surface area contributed by atoms with Crippen LogP contribution in [0.5, 0.6) is 0 Å². The number of rotatable bonds is 1. The van der Waals surface area contributed by atoms with Crippen molar-refractivity contribution < 1.29 is 9.59 Å². The predicted molar refractivity (Wildman–Crippen MR) is 72.1 cm³/mol. The van der Waals surface area contributed by atoms with Crippen molar-refractivity contribution >= 4 is 11.8 Å². The van der Waals surface area contributed by atoms with E-state index in [0.29, 0.717) is 6.54 Å². The number of nitrogens with one attached hydrogen (secondary N) is 1. The molecule has 1 aliphatic heterocycles. The number of likely N-dealkylation sites (tertiary alicyclic amines) is 1. The van der Waals surface area contributed by atoms with Crippen molar-refractivity contribution in [2.45, 2.75) is 66.0 Å². The molecule has 0 bridgehead atoms. The minimum absolute atomic E-state index is 0.0300. The Labute approximate surface area is 110 Å². The third-order valence-corrected chi connectivity index (χ3v) is 2.96. The van der Waals surface area contributed by atoms with E-state index in [2.05, 4.69) is 5.32 Å². The molecule has 1 aliphatic rings. The van der Waals surface area contributed by atoms with Crippen LogP contribution in [0.2, 0.25) is 0 Å². The normalized spacial score (nSPS) is 21.0. The van der Waals surface area contributed by atoms with Crippen LogP contribution in [0.4, 0.5) is 0 Å². The van der Waals surface area contributed by atoms with Gasteiger partial charge < -0.3 is 10.2 Å². The first kappa shape index (κ1) is 15.0. The molecule has 0 spiro atoms. The Morgan fingerprint density at radius 1 is 1.11 bits per heavy atom. The van der Waals surface area contributed by atoms with Crippen molar-refractivity contribution in [1.82, 2.24) is 10.2 Å². The lowest BCUT2D eigenvalue weighted by Crippen LogP contribution is -2.53. The highest BCUT2D eigenvalue weighted by atomic mass is 16.2. The summed E-state index contributed by atoms with van der Waals surface area (Å²) >= 11 is 0. The molecular formula is C14H26N2O2. The zero-order valence-corrected chi connectivity index (χ0v) is 12.5. The van der Waals surface area contributed by atoms with Gasteiger partial charge in [0.15, 0.2) is 0 Å². The summed E-state index contributed by atoms with van der Waals surface area (Å²) in [6, 6.07) is -0.295. The second-order valence-electron chi connectivity index (χ2n) is 7.15. The van der Waals surface area contributed by atoms with Crippen molar-refractivity contribution in [3.63, 3.8) is 0 Å². The molecule has 104 valence electrons. The van der Waals surface area contributed by atoms with Crippen LogP contribution in [-0.4, -0.2) is 34.8 Å². The van der Waals surface area contributed by atoms with Crippen molar-refractivity contribution in [2.75, 3.05) is 6.54 Å². The molecule has 1 heterocycles. The number of carbonyl (C=O) groups is 2. The van der Waals surface area contributed by atoms with Crippen LogP contribution in [0.25, 0.3) is 0 Å². The van der Waals surface area contributed by atoms with Gasteiger partial charge in [-0.3, -0.25) is 9.59 Å². The van der Waals surface area contributed by atoms with Crippen molar-refractivity contribution in [1.29, 1.82) is 0 Å². The lowest BCUT2D eigenvalue weighted by Gasteiger charge is -2.32. The lowest BCUT2D eigenvalue weighted by atomic mass is 9.94. The highest BCUT2D eigenvalue weighted by Gasteiger charge is 2.39. The fourth-order valence-electron chi connectivity index (χ4n) is 2.17. The molecule has 4 nitrogen and oxygen atoms in total. The number of hydrogen-bond donors (Lipinski definition) is 1. The number of amides is 2. The van der Waals surface area contributed by atoms with Crippen LogP contribution < -0.4 is 5.32 Å². The van der Waals surface area contributed by atoms with Gasteiger partial charge in [-0.05, 0) is 33.6 Å². The maximum Gasteiger partial charge on any atom is 0.243 e. The third-order valence-electron chi connectivity index (χ3n) is 2.96. The summed E-state index contributed by atoms with van der Waals surface area (Å²) in [6.07, 6.45) is 1.67. The Morgan fingerprint density at radius 3 is 2.11 bits per heavy atom. The number of nitrogens with zero attached hydrogens (tertiary/aromatic N) is 1. The molecule has 0 aromatic carbocycles. The second-order valence-corrected chi connectivity index (χ2v) is 7.15. The Morgan fingerprint density at radius 2 is 1.67 bits per heavy atom. The zero-order chi connectivity index (χ0) is 14.1. The summed E-state index contributed by atoms with van der Waals surface area (Å²) < 4.78 is 0. The summed E-state index contributed by atoms with van der Waals surface area (Å²) in [5, 5.41) is 2.96. The Kier molecular flexibility index (Phi) is 4.08. The van der Waals surface area contributed by atoms with E-state index < -0.39 is 5.41 Å². The van der Waals surface area contributed by atoms with Crippen molar-refractivity contribution in [3.05, 3.63) is 0 Å². The highest BCUT2D eigenvalue weighted by molar-refractivity contribution is 5.90. The summed E-state index contributed by atoms with van der Waals surface area (Å²) in [4.78, 5) is 26.2. The van der Waals surface area contributed by atoms with Gasteiger partial charge in [0.1, 0.15) is 6.04 Å². The number of carbonyl (C=O) groups excluding carboxylic acids is 2. The average molecular weight is 254 g/mol. The summed E-state index contributed by atoms with van der Waals surface area (Å²) in [5.41, 5.74) is -0.680. The van der Waals surface area contributed by atoms with Gasteiger partial charge in [0.05, 0.1) is 0 Å². The molecule has 1 saturated heterocycles. The van der Waals surface area contributed by atoms with Gasteiger partial charge in [0, 0.05) is 17.5 Å². The molecule has 2 amide bonds. The van der Waals surface area contributed by atoms with Gasteiger partial charge in [-0.2, -0.15) is 0 Å². The average Bonchev–Trinajstić information content (AvgIpc) is 2.60. The second kappa shape index (κ2) is 4.90. The Hall–Kier alpha value is -1.06. The topological polar surface area (TPSA) is 49.4 Å². The van der Waals surface area contributed by atoms with Gasteiger partial charge >= 0.3 is 0 Å². The fourth-order valence-corrected chi connectivity index (χ4v) is 2.17. The summed E-state index contributed by atoms with van der Waals surface area (Å²) in [6.45, 7) is 12.2. The van der Waals surface area contributed by atoms with Crippen LogP contribution >= 0.6 is 0 Å². The van der Waals surface area contributed by atoms with E-state index in [1.165, 1.54) is 0 Å². The van der Waals surface area contributed by atoms with Crippen LogP contribution in [0.1, 0.15) is 54.4 Å². The molecule has 0 aromatic rings. The largest absolute Gasteiger partial charge is 0.350 e. The molecule has 1 fully saturated rings. The first-order valence-corrected chi connectivity index (χ1v) is 6.65. The van der Waals surface area contributed by atoms with Crippen LogP contribution in [0.3, 0.4) is 0 Å². The molecule has 1 N–H and O–H groups in total. The minimum Gasteiger partial charge on any atom is -0.350 e. The third kappa shape index (κ3) is 3.72. The number of hydrogen-bond acceptors (Lipinski definition) is 2. The van der Waals surface area contributed by atoms with E-state index in [1.807, 2.05) is 41.5 Å². The van der Waals surface area contributed by atoms with Gasteiger partial charge in [-0.15, -0.1) is 0 Å². The lowest BCUT2D eigenvalue weighted by molar-refractivity contribution is -0.145. The Bertz CT molecular complexity index is 337. The molecule has 18 heavy (non-hydrogen) atoms. The predicted octanol–water partition coefficient (Wildman–Crippen LogP) is 1.94. The zero-order valence-electron chi connectivity index (χ0n) is 12.5. The van der Waals surface area contributed by atoms with Crippen LogP contribution in [-0.2, 0) is 9.59 Å². The van der Waals surface area contributed by atoms with E-state index in [4.69, 9.17) is 0 Å². The molecule has 1 rings (SSSR count). The van der Waals surface area contributed by atoms with E-state index in [0.717, 1.165) is 12.8 Å². The monoisotopic (exact) mass is 254 g/mol. The molecule has 1 atom stereocenters. The van der Waals surface area contributed by atoms with E-state index in [1.54, 1.807) is 4.90 Å². The van der Waals surface area contributed by atoms with E-state index in [-0.39, 0.29) is 23.4 Å². The van der Waals surface area contributed by atoms with E-state index >= 15 is 0 Å². The molecule has 1 unspecified atom stereocenters. The molecule has 0 saturated carbocycles. The summed E-state index contributed by atoms with van der Waals surface area (Å²) in [5.74, 6) is 0.0339. The van der Waals surface area contributed by atoms with Gasteiger partial charge in [-0.1, -0.05) is 20.8 Å². The molecule has 4 heteroatoms. The van der Waals surface area contributed by atoms with Crippen LogP contribution in [0.15, 0.2) is 0 Å². The molecule has 0 aliphatic carbocycles. The van der Waals surface area contributed by atoms with Gasteiger partial charge in [0.2, 0.25) is 11.8 Å². The first-order valence-electron chi connectivity index (χ1n) is 6.65. The standard InChI is InChI=1S/C14H26N2O2/c1-13(2,3)12(18)16-9-7-8-10(16)11(17)15-14(4,5)6/h10H,7-9H2,1-6H3,(H,15,17). The maximum absolute atomic E-state index is 12.3.